The molecule has 0 heterocycles. The Morgan fingerprint density at radius 2 is 2.16 bits per heavy atom. The molecule has 0 saturated heterocycles. The summed E-state index contributed by atoms with van der Waals surface area (Å²) in [6.07, 6.45) is 7.73. The van der Waals surface area contributed by atoms with Crippen LogP contribution < -0.4 is 16.0 Å². The zero-order valence-corrected chi connectivity index (χ0v) is 11.6. The van der Waals surface area contributed by atoms with E-state index >= 15 is 0 Å². The van der Waals surface area contributed by atoms with Crippen LogP contribution in [0.3, 0.4) is 0 Å². The minimum absolute atomic E-state index is 0.100. The van der Waals surface area contributed by atoms with Gasteiger partial charge in [-0.1, -0.05) is 0 Å². The van der Waals surface area contributed by atoms with Gasteiger partial charge in [-0.3, -0.25) is 4.79 Å². The Morgan fingerprint density at radius 3 is 2.79 bits per heavy atom. The summed E-state index contributed by atoms with van der Waals surface area (Å²) in [5.74, 6) is 2.48. The number of rotatable bonds is 6. The molecule has 0 bridgehead atoms. The van der Waals surface area contributed by atoms with Gasteiger partial charge in [-0.05, 0) is 31.0 Å². The minimum atomic E-state index is -0.100. The fourth-order valence-corrected chi connectivity index (χ4v) is 1.77. The first kappa shape index (κ1) is 14.9. The van der Waals surface area contributed by atoms with E-state index in [-0.39, 0.29) is 5.91 Å². The fraction of sp³-hybridized carbons (Fsp3) is 0.400. The van der Waals surface area contributed by atoms with E-state index in [1.807, 2.05) is 25.1 Å². The van der Waals surface area contributed by atoms with Crippen molar-refractivity contribution in [3.05, 3.63) is 23.8 Å². The number of nitrogens with one attached hydrogen (secondary N) is 1. The molecular formula is C15H21N3O. The molecule has 0 spiro atoms. The summed E-state index contributed by atoms with van der Waals surface area (Å²) >= 11 is 0. The monoisotopic (exact) mass is 259 g/mol. The highest BCUT2D eigenvalue weighted by Gasteiger charge is 2.12. The van der Waals surface area contributed by atoms with Gasteiger partial charge in [0.2, 0.25) is 0 Å². The van der Waals surface area contributed by atoms with Crippen molar-refractivity contribution in [1.29, 1.82) is 0 Å². The topological polar surface area (TPSA) is 58.4 Å². The van der Waals surface area contributed by atoms with Gasteiger partial charge in [0.05, 0.1) is 5.56 Å². The van der Waals surface area contributed by atoms with Gasteiger partial charge < -0.3 is 16.0 Å². The molecule has 0 aliphatic carbocycles. The van der Waals surface area contributed by atoms with Crippen molar-refractivity contribution < 1.29 is 4.79 Å². The van der Waals surface area contributed by atoms with Crippen LogP contribution in [0.25, 0.3) is 0 Å². The van der Waals surface area contributed by atoms with Crippen molar-refractivity contribution in [3.8, 4) is 12.3 Å². The lowest BCUT2D eigenvalue weighted by Crippen LogP contribution is -2.26. The Morgan fingerprint density at radius 1 is 1.42 bits per heavy atom. The summed E-state index contributed by atoms with van der Waals surface area (Å²) in [5, 5.41) is 2.89. The molecule has 4 heteroatoms. The highest BCUT2D eigenvalue weighted by atomic mass is 16.1. The lowest BCUT2D eigenvalue weighted by Gasteiger charge is -2.17. The van der Waals surface area contributed by atoms with E-state index in [0.29, 0.717) is 17.8 Å². The number of amides is 1. The molecular weight excluding hydrogens is 238 g/mol. The lowest BCUT2D eigenvalue weighted by atomic mass is 10.1. The van der Waals surface area contributed by atoms with Crippen molar-refractivity contribution in [1.82, 2.24) is 5.32 Å². The lowest BCUT2D eigenvalue weighted by molar-refractivity contribution is 0.0953. The van der Waals surface area contributed by atoms with Crippen molar-refractivity contribution >= 4 is 17.3 Å². The molecule has 1 aromatic carbocycles. The van der Waals surface area contributed by atoms with E-state index in [2.05, 4.69) is 11.2 Å². The van der Waals surface area contributed by atoms with Crippen LogP contribution in [0.5, 0.6) is 0 Å². The molecule has 19 heavy (non-hydrogen) atoms. The molecule has 0 aliphatic heterocycles. The Kier molecular flexibility index (Phi) is 5.74. The predicted octanol–water partition coefficient (Wildman–Crippen LogP) is 1.87. The van der Waals surface area contributed by atoms with Gasteiger partial charge in [-0.15, -0.1) is 12.3 Å². The van der Waals surface area contributed by atoms with Crippen molar-refractivity contribution in [2.24, 2.45) is 0 Å². The number of nitrogen functional groups attached to an aromatic ring is 1. The van der Waals surface area contributed by atoms with Crippen LogP contribution in [0.1, 0.15) is 29.6 Å². The van der Waals surface area contributed by atoms with Gasteiger partial charge in [-0.2, -0.15) is 0 Å². The van der Waals surface area contributed by atoms with E-state index in [9.17, 15) is 4.79 Å². The zero-order valence-electron chi connectivity index (χ0n) is 11.6. The molecule has 1 rings (SSSR count). The average Bonchev–Trinajstić information content (AvgIpc) is 2.37. The van der Waals surface area contributed by atoms with Gasteiger partial charge in [0.15, 0.2) is 0 Å². The van der Waals surface area contributed by atoms with Crippen LogP contribution in [0.15, 0.2) is 18.2 Å². The Hall–Kier alpha value is -2.15. The van der Waals surface area contributed by atoms with E-state index < -0.39 is 0 Å². The van der Waals surface area contributed by atoms with E-state index in [1.165, 1.54) is 0 Å². The Balaban J connectivity index is 2.66. The smallest absolute Gasteiger partial charge is 0.253 e. The number of nitrogens with zero attached hydrogens (tertiary/aromatic N) is 1. The van der Waals surface area contributed by atoms with Crippen LogP contribution >= 0.6 is 0 Å². The molecule has 0 saturated carbocycles. The molecule has 0 atom stereocenters. The van der Waals surface area contributed by atoms with Crippen LogP contribution in [0, 0.1) is 12.3 Å². The molecule has 0 aromatic heterocycles. The quantitative estimate of drug-likeness (QED) is 0.466. The third kappa shape index (κ3) is 4.55. The van der Waals surface area contributed by atoms with E-state index in [1.54, 1.807) is 12.1 Å². The first-order valence-electron chi connectivity index (χ1n) is 6.34. The van der Waals surface area contributed by atoms with Crippen molar-refractivity contribution in [2.45, 2.75) is 19.3 Å². The summed E-state index contributed by atoms with van der Waals surface area (Å²) in [4.78, 5) is 14.0. The number of carbonyl (C=O) groups is 1. The Bertz CT molecular complexity index is 475. The highest BCUT2D eigenvalue weighted by molar-refractivity contribution is 6.00. The molecule has 0 fully saturated rings. The maximum Gasteiger partial charge on any atom is 0.253 e. The summed E-state index contributed by atoms with van der Waals surface area (Å²) in [6, 6.07) is 5.34. The number of benzene rings is 1. The standard InChI is InChI=1S/C15H21N3O/c1-4-5-6-7-10-17-15(19)13-11-12(16)8-9-14(13)18(2)3/h1,8-9,11H,5-7,10,16H2,2-3H3,(H,17,19). The fourth-order valence-electron chi connectivity index (χ4n) is 1.77. The van der Waals surface area contributed by atoms with Crippen LogP contribution in [0.2, 0.25) is 0 Å². The Labute approximate surface area is 115 Å². The van der Waals surface area contributed by atoms with Crippen LogP contribution in [-0.2, 0) is 0 Å². The largest absolute Gasteiger partial charge is 0.399 e. The summed E-state index contributed by atoms with van der Waals surface area (Å²) in [6.45, 7) is 0.627. The molecule has 0 unspecified atom stereocenters. The van der Waals surface area contributed by atoms with E-state index in [0.717, 1.165) is 24.9 Å². The highest BCUT2D eigenvalue weighted by Crippen LogP contribution is 2.21. The van der Waals surface area contributed by atoms with Crippen LogP contribution in [0.4, 0.5) is 11.4 Å². The third-order valence-corrected chi connectivity index (χ3v) is 2.78. The molecule has 3 N–H and O–H groups in total. The SMILES string of the molecule is C#CCCCCNC(=O)c1cc(N)ccc1N(C)C. The minimum Gasteiger partial charge on any atom is -0.399 e. The normalized spacial score (nSPS) is 9.74. The summed E-state index contributed by atoms with van der Waals surface area (Å²) in [5.41, 5.74) is 7.78. The second kappa shape index (κ2) is 7.32. The molecule has 0 aliphatic rings. The maximum absolute atomic E-state index is 12.1. The second-order valence-electron chi connectivity index (χ2n) is 4.59. The molecule has 1 aromatic rings. The molecule has 0 radical (unpaired) electrons. The van der Waals surface area contributed by atoms with E-state index in [4.69, 9.17) is 12.2 Å². The van der Waals surface area contributed by atoms with Gasteiger partial charge in [-0.25, -0.2) is 0 Å². The van der Waals surface area contributed by atoms with Crippen LogP contribution in [-0.4, -0.2) is 26.5 Å². The summed E-state index contributed by atoms with van der Waals surface area (Å²) < 4.78 is 0. The van der Waals surface area contributed by atoms with Crippen molar-refractivity contribution in [2.75, 3.05) is 31.3 Å². The number of terminal acetylenes is 1. The first-order chi connectivity index (χ1) is 9.06. The van der Waals surface area contributed by atoms with Gasteiger partial charge >= 0.3 is 0 Å². The van der Waals surface area contributed by atoms with Gasteiger partial charge in [0.25, 0.3) is 5.91 Å². The average molecular weight is 259 g/mol. The van der Waals surface area contributed by atoms with Gasteiger partial charge in [0, 0.05) is 38.4 Å². The molecule has 102 valence electrons. The zero-order chi connectivity index (χ0) is 14.3. The molecule has 1 amide bonds. The first-order valence-corrected chi connectivity index (χ1v) is 6.34. The molecule has 4 nitrogen and oxygen atoms in total. The third-order valence-electron chi connectivity index (χ3n) is 2.78. The predicted molar refractivity (Wildman–Crippen MR) is 80.2 cm³/mol. The number of carbonyl (C=O) groups excluding carboxylic acids is 1. The number of nitrogens with two attached hydrogens (primary N) is 1. The number of hydrogen-bond donors (Lipinski definition) is 2. The second-order valence-corrected chi connectivity index (χ2v) is 4.59. The number of unbranched alkanes of at least 4 members (excludes halogenated alkanes) is 2. The number of anilines is 2. The van der Waals surface area contributed by atoms with Crippen molar-refractivity contribution in [3.63, 3.8) is 0 Å². The van der Waals surface area contributed by atoms with Gasteiger partial charge in [0.1, 0.15) is 0 Å². The number of hydrogen-bond acceptors (Lipinski definition) is 3. The maximum atomic E-state index is 12.1. The summed E-state index contributed by atoms with van der Waals surface area (Å²) in [7, 11) is 3.80.